The number of hydrogen-bond acceptors (Lipinski definition) is 5. The first-order valence-electron chi connectivity index (χ1n) is 9.09. The van der Waals surface area contributed by atoms with Crippen molar-refractivity contribution in [2.45, 2.75) is 70.2 Å². The van der Waals surface area contributed by atoms with Crippen LogP contribution in [-0.4, -0.2) is 49.3 Å². The van der Waals surface area contributed by atoms with Gasteiger partial charge in [0.25, 0.3) is 0 Å². The van der Waals surface area contributed by atoms with E-state index in [4.69, 9.17) is 16.3 Å². The van der Waals surface area contributed by atoms with E-state index in [1.54, 1.807) is 4.52 Å². The number of halogens is 1. The third kappa shape index (κ3) is 3.32. The van der Waals surface area contributed by atoms with Crippen LogP contribution >= 0.6 is 11.6 Å². The van der Waals surface area contributed by atoms with Gasteiger partial charge in [-0.2, -0.15) is 4.98 Å². The quantitative estimate of drug-likeness (QED) is 0.863. The van der Waals surface area contributed by atoms with Crippen molar-refractivity contribution in [2.24, 2.45) is 0 Å². The van der Waals surface area contributed by atoms with Crippen molar-refractivity contribution in [3.8, 4) is 0 Å². The highest BCUT2D eigenvalue weighted by Crippen LogP contribution is 2.38. The zero-order valence-corrected chi connectivity index (χ0v) is 16.0. The van der Waals surface area contributed by atoms with Crippen molar-refractivity contribution in [3.05, 3.63) is 23.6 Å². The van der Waals surface area contributed by atoms with Crippen LogP contribution in [0.2, 0.25) is 5.28 Å². The summed E-state index contributed by atoms with van der Waals surface area (Å²) in [5.41, 5.74) is 0.431. The Morgan fingerprint density at radius 1 is 1.31 bits per heavy atom. The number of fused-ring (bicyclic) bond motifs is 3. The van der Waals surface area contributed by atoms with Crippen molar-refractivity contribution in [1.82, 2.24) is 19.5 Å². The van der Waals surface area contributed by atoms with Crippen molar-refractivity contribution in [2.75, 3.05) is 5.32 Å². The average molecular weight is 378 g/mol. The number of nitrogens with one attached hydrogen (secondary N) is 1. The maximum Gasteiger partial charge on any atom is 0.410 e. The van der Waals surface area contributed by atoms with E-state index in [2.05, 4.69) is 15.4 Å². The first-order chi connectivity index (χ1) is 12.3. The van der Waals surface area contributed by atoms with E-state index in [1.807, 2.05) is 44.0 Å². The van der Waals surface area contributed by atoms with Crippen LogP contribution in [0, 0.1) is 0 Å². The van der Waals surface area contributed by atoms with Crippen LogP contribution in [0.5, 0.6) is 0 Å². The van der Waals surface area contributed by atoms with Crippen LogP contribution < -0.4 is 5.32 Å². The first kappa shape index (κ1) is 17.4. The normalized spacial score (nSPS) is 25.5. The second-order valence-corrected chi connectivity index (χ2v) is 8.49. The second-order valence-electron chi connectivity index (χ2n) is 8.15. The van der Waals surface area contributed by atoms with E-state index in [1.165, 1.54) is 0 Å². The lowest BCUT2D eigenvalue weighted by atomic mass is 9.97. The molecule has 1 amide bonds. The molecule has 0 spiro atoms. The molecular weight excluding hydrogens is 354 g/mol. The van der Waals surface area contributed by atoms with Gasteiger partial charge in [-0.15, -0.1) is 5.10 Å². The molecule has 26 heavy (non-hydrogen) atoms. The molecule has 2 saturated heterocycles. The lowest BCUT2D eigenvalue weighted by Crippen LogP contribution is -2.51. The molecule has 140 valence electrons. The molecule has 2 bridgehead atoms. The predicted octanol–water partition coefficient (Wildman–Crippen LogP) is 3.73. The number of carbonyl (C=O) groups is 1. The summed E-state index contributed by atoms with van der Waals surface area (Å²) >= 11 is 6.04. The molecule has 7 nitrogen and oxygen atoms in total. The molecular formula is C18H24ClN5O2. The van der Waals surface area contributed by atoms with Gasteiger partial charge in [-0.05, 0) is 70.2 Å². The molecule has 2 fully saturated rings. The monoisotopic (exact) mass is 377 g/mol. The summed E-state index contributed by atoms with van der Waals surface area (Å²) < 4.78 is 7.32. The van der Waals surface area contributed by atoms with Crippen molar-refractivity contribution in [3.63, 3.8) is 0 Å². The Hall–Kier alpha value is -2.02. The Morgan fingerprint density at radius 2 is 2.00 bits per heavy atom. The predicted molar refractivity (Wildman–Crippen MR) is 99.5 cm³/mol. The largest absolute Gasteiger partial charge is 0.444 e. The van der Waals surface area contributed by atoms with Crippen LogP contribution in [0.1, 0.15) is 46.5 Å². The number of nitrogens with zero attached hydrogens (tertiary/aromatic N) is 4. The van der Waals surface area contributed by atoms with Gasteiger partial charge in [-0.25, -0.2) is 9.31 Å². The maximum atomic E-state index is 12.6. The summed E-state index contributed by atoms with van der Waals surface area (Å²) in [6.07, 6.45) is 5.46. The first-order valence-corrected chi connectivity index (χ1v) is 9.47. The van der Waals surface area contributed by atoms with Gasteiger partial charge in [0.2, 0.25) is 5.28 Å². The minimum atomic E-state index is -0.468. The molecule has 2 aromatic rings. The molecule has 1 N–H and O–H groups in total. The number of hydrogen-bond donors (Lipinski definition) is 1. The zero-order valence-electron chi connectivity index (χ0n) is 15.3. The number of anilines is 1. The van der Waals surface area contributed by atoms with Crippen LogP contribution in [0.3, 0.4) is 0 Å². The van der Waals surface area contributed by atoms with E-state index >= 15 is 0 Å². The van der Waals surface area contributed by atoms with Gasteiger partial charge in [0, 0.05) is 24.3 Å². The lowest BCUT2D eigenvalue weighted by Gasteiger charge is -2.39. The fourth-order valence-corrected chi connectivity index (χ4v) is 4.28. The average Bonchev–Trinajstić information content (AvgIpc) is 3.08. The van der Waals surface area contributed by atoms with Gasteiger partial charge in [-0.3, -0.25) is 0 Å². The van der Waals surface area contributed by atoms with Gasteiger partial charge in [0.15, 0.2) is 5.82 Å². The van der Waals surface area contributed by atoms with Crippen molar-refractivity contribution < 1.29 is 9.53 Å². The third-order valence-corrected chi connectivity index (χ3v) is 5.20. The summed E-state index contributed by atoms with van der Waals surface area (Å²) in [6, 6.07) is 4.54. The van der Waals surface area contributed by atoms with Crippen molar-refractivity contribution in [1.29, 1.82) is 0 Å². The number of amides is 1. The smallest absolute Gasteiger partial charge is 0.410 e. The fourth-order valence-electron chi connectivity index (χ4n) is 4.11. The SMILES string of the molecule is CC(C)(C)OC(=O)N1[C@@H]2CC[C@H]1CC(Nc1nc(Cl)nn3cccc13)C2. The van der Waals surface area contributed by atoms with Gasteiger partial charge in [0.05, 0.1) is 0 Å². The fraction of sp³-hybridized carbons (Fsp3) is 0.611. The van der Waals surface area contributed by atoms with E-state index in [9.17, 15) is 4.79 Å². The molecule has 3 atom stereocenters. The van der Waals surface area contributed by atoms with Crippen molar-refractivity contribution >= 4 is 29.0 Å². The Morgan fingerprint density at radius 3 is 2.65 bits per heavy atom. The van der Waals surface area contributed by atoms with Gasteiger partial charge in [0.1, 0.15) is 11.1 Å². The highest BCUT2D eigenvalue weighted by Gasteiger charge is 2.45. The van der Waals surface area contributed by atoms with E-state index < -0.39 is 5.60 Å². The Balaban J connectivity index is 1.49. The molecule has 1 unspecified atom stereocenters. The maximum absolute atomic E-state index is 12.6. The molecule has 8 heteroatoms. The topological polar surface area (TPSA) is 71.8 Å². The third-order valence-electron chi connectivity index (χ3n) is 5.04. The number of rotatable bonds is 2. The van der Waals surface area contributed by atoms with Gasteiger partial charge >= 0.3 is 6.09 Å². The Labute approximate surface area is 157 Å². The molecule has 0 aliphatic carbocycles. The number of aromatic nitrogens is 3. The summed E-state index contributed by atoms with van der Waals surface area (Å²) in [7, 11) is 0. The highest BCUT2D eigenvalue weighted by atomic mass is 35.5. The molecule has 2 aliphatic heterocycles. The lowest BCUT2D eigenvalue weighted by molar-refractivity contribution is 0.00683. The second kappa shape index (κ2) is 6.30. The van der Waals surface area contributed by atoms with Crippen LogP contribution in [-0.2, 0) is 4.74 Å². The molecule has 4 rings (SSSR count). The van der Waals surface area contributed by atoms with Gasteiger partial charge < -0.3 is 15.0 Å². The zero-order chi connectivity index (χ0) is 18.5. The standard InChI is InChI=1S/C18H24ClN5O2/c1-18(2,3)26-17(25)24-12-6-7-13(24)10-11(9-12)20-15-14-5-4-8-23(14)22-16(19)21-15/h4-5,8,11-13H,6-7,9-10H2,1-3H3,(H,20,21,22)/t11?,12-,13+. The number of ether oxygens (including phenoxy) is 1. The highest BCUT2D eigenvalue weighted by molar-refractivity contribution is 6.28. The van der Waals surface area contributed by atoms with Crippen LogP contribution in [0.25, 0.3) is 5.52 Å². The van der Waals surface area contributed by atoms with E-state index in [-0.39, 0.29) is 29.5 Å². The summed E-state index contributed by atoms with van der Waals surface area (Å²) in [5, 5.41) is 7.90. The minimum Gasteiger partial charge on any atom is -0.444 e. The molecule has 2 aromatic heterocycles. The number of carbonyl (C=O) groups excluding carboxylic acids is 1. The summed E-state index contributed by atoms with van der Waals surface area (Å²) in [5.74, 6) is 0.741. The Bertz CT molecular complexity index is 817. The summed E-state index contributed by atoms with van der Waals surface area (Å²) in [4.78, 5) is 18.9. The minimum absolute atomic E-state index is 0.192. The van der Waals surface area contributed by atoms with Crippen LogP contribution in [0.15, 0.2) is 18.3 Å². The van der Waals surface area contributed by atoms with E-state index in [0.717, 1.165) is 37.0 Å². The molecule has 2 aliphatic rings. The van der Waals surface area contributed by atoms with Gasteiger partial charge in [-0.1, -0.05) is 0 Å². The van der Waals surface area contributed by atoms with Crippen LogP contribution in [0.4, 0.5) is 10.6 Å². The molecule has 0 radical (unpaired) electrons. The Kier molecular flexibility index (Phi) is 4.22. The summed E-state index contributed by atoms with van der Waals surface area (Å²) in [6.45, 7) is 5.72. The van der Waals surface area contributed by atoms with E-state index in [0.29, 0.717) is 0 Å². The molecule has 0 aromatic carbocycles. The number of piperidine rings is 1. The molecule has 4 heterocycles. The molecule has 0 saturated carbocycles.